The number of nitro groups is 1. The zero-order valence-electron chi connectivity index (χ0n) is 17.7. The largest absolute Gasteiger partial charge is 0.325 e. The number of nitrogens with zero attached hydrogens (tertiary/aromatic N) is 5. The van der Waals surface area contributed by atoms with E-state index >= 15 is 0 Å². The van der Waals surface area contributed by atoms with Crippen LogP contribution in [0.2, 0.25) is 0 Å². The van der Waals surface area contributed by atoms with E-state index < -0.39 is 4.92 Å². The van der Waals surface area contributed by atoms with Crippen molar-refractivity contribution < 1.29 is 9.72 Å². The minimum atomic E-state index is -0.478. The summed E-state index contributed by atoms with van der Waals surface area (Å²) in [4.78, 5) is 25.5. The Balaban J connectivity index is 1.49. The summed E-state index contributed by atoms with van der Waals surface area (Å²) in [5, 5.41) is 23.2. The number of carbonyl (C=O) groups excluding carboxylic acids is 1. The molecule has 1 aromatic heterocycles. The van der Waals surface area contributed by atoms with Crippen LogP contribution in [0.3, 0.4) is 0 Å². The number of hydrogen-bond donors (Lipinski definition) is 1. The minimum absolute atomic E-state index is 0.0612. The van der Waals surface area contributed by atoms with Gasteiger partial charge in [-0.15, -0.1) is 10.2 Å². The Labute approximate surface area is 190 Å². The summed E-state index contributed by atoms with van der Waals surface area (Å²) < 4.78 is 1.99. The molecule has 1 fully saturated rings. The van der Waals surface area contributed by atoms with Gasteiger partial charge in [-0.1, -0.05) is 36.0 Å². The number of rotatable bonds is 8. The molecule has 4 rings (SSSR count). The normalized spacial score (nSPS) is 13.9. The number of aryl methyl sites for hydroxylation is 1. The van der Waals surface area contributed by atoms with Crippen molar-refractivity contribution in [3.63, 3.8) is 0 Å². The second-order valence-corrected chi connectivity index (χ2v) is 8.59. The zero-order chi connectivity index (χ0) is 22.5. The summed E-state index contributed by atoms with van der Waals surface area (Å²) in [7, 11) is 0. The second kappa shape index (κ2) is 9.92. The van der Waals surface area contributed by atoms with Crippen molar-refractivity contribution in [1.29, 1.82) is 0 Å². The van der Waals surface area contributed by atoms with Crippen LogP contribution in [-0.2, 0) is 11.3 Å². The third kappa shape index (κ3) is 5.14. The molecule has 2 aromatic carbocycles. The van der Waals surface area contributed by atoms with Gasteiger partial charge in [-0.2, -0.15) is 0 Å². The monoisotopic (exact) mass is 452 g/mol. The van der Waals surface area contributed by atoms with Crippen LogP contribution < -0.4 is 5.32 Å². The SMILES string of the molecule is Cc1ccc([N+](=O)[O-])cc1NC(=O)CSc1nnc(CN2CCCC2)n1-c1ccccc1. The topological polar surface area (TPSA) is 106 Å². The highest BCUT2D eigenvalue weighted by Gasteiger charge is 2.20. The van der Waals surface area contributed by atoms with Crippen LogP contribution in [-0.4, -0.2) is 49.3 Å². The molecule has 0 atom stereocenters. The first-order valence-corrected chi connectivity index (χ1v) is 11.4. The van der Waals surface area contributed by atoms with Crippen LogP contribution >= 0.6 is 11.8 Å². The molecule has 0 bridgehead atoms. The molecule has 1 aliphatic heterocycles. The zero-order valence-corrected chi connectivity index (χ0v) is 18.5. The number of nitrogens with one attached hydrogen (secondary N) is 1. The minimum Gasteiger partial charge on any atom is -0.325 e. The van der Waals surface area contributed by atoms with Gasteiger partial charge in [0.1, 0.15) is 0 Å². The Bertz CT molecular complexity index is 1110. The number of thioether (sulfide) groups is 1. The van der Waals surface area contributed by atoms with E-state index in [0.29, 0.717) is 17.4 Å². The van der Waals surface area contributed by atoms with E-state index in [1.807, 2.05) is 34.9 Å². The molecule has 0 aliphatic carbocycles. The molecule has 0 radical (unpaired) electrons. The summed E-state index contributed by atoms with van der Waals surface area (Å²) in [6.07, 6.45) is 2.39. The maximum atomic E-state index is 12.6. The van der Waals surface area contributed by atoms with Crippen LogP contribution in [0, 0.1) is 17.0 Å². The van der Waals surface area contributed by atoms with Crippen molar-refractivity contribution in [1.82, 2.24) is 19.7 Å². The highest BCUT2D eigenvalue weighted by Crippen LogP contribution is 2.25. The standard InChI is InChI=1S/C22H24N6O3S/c1-16-9-10-18(28(30)31)13-19(16)23-21(29)15-32-22-25-24-20(14-26-11-5-6-12-26)27(22)17-7-3-2-4-8-17/h2-4,7-10,13H,5-6,11-12,14-15H2,1H3,(H,23,29). The van der Waals surface area contributed by atoms with Gasteiger partial charge in [0, 0.05) is 17.8 Å². The van der Waals surface area contributed by atoms with E-state index in [1.54, 1.807) is 13.0 Å². The Morgan fingerprint density at radius 2 is 1.91 bits per heavy atom. The van der Waals surface area contributed by atoms with Gasteiger partial charge in [-0.3, -0.25) is 24.4 Å². The van der Waals surface area contributed by atoms with Crippen LogP contribution in [0.15, 0.2) is 53.7 Å². The fraction of sp³-hybridized carbons (Fsp3) is 0.318. The number of hydrogen-bond acceptors (Lipinski definition) is 7. The lowest BCUT2D eigenvalue weighted by molar-refractivity contribution is -0.384. The third-order valence-corrected chi connectivity index (χ3v) is 6.25. The molecule has 9 nitrogen and oxygen atoms in total. The van der Waals surface area contributed by atoms with Crippen molar-refractivity contribution >= 4 is 29.0 Å². The van der Waals surface area contributed by atoms with Crippen molar-refractivity contribution in [2.24, 2.45) is 0 Å². The van der Waals surface area contributed by atoms with Crippen molar-refractivity contribution in [2.75, 3.05) is 24.2 Å². The molecule has 0 spiro atoms. The summed E-state index contributed by atoms with van der Waals surface area (Å²) in [5.41, 5.74) is 2.08. The summed E-state index contributed by atoms with van der Waals surface area (Å²) in [6.45, 7) is 4.61. The summed E-state index contributed by atoms with van der Waals surface area (Å²) in [6, 6.07) is 14.3. The fourth-order valence-corrected chi connectivity index (χ4v) is 4.42. The van der Waals surface area contributed by atoms with Crippen molar-refractivity contribution in [3.05, 3.63) is 70.0 Å². The molecule has 32 heavy (non-hydrogen) atoms. The van der Waals surface area contributed by atoms with Gasteiger partial charge in [0.25, 0.3) is 5.69 Å². The molecular formula is C22H24N6O3S. The number of aromatic nitrogens is 3. The predicted molar refractivity (Wildman–Crippen MR) is 123 cm³/mol. The second-order valence-electron chi connectivity index (χ2n) is 7.65. The maximum absolute atomic E-state index is 12.6. The lowest BCUT2D eigenvalue weighted by atomic mass is 10.2. The van der Waals surface area contributed by atoms with Crippen LogP contribution in [0.25, 0.3) is 5.69 Å². The Hall–Kier alpha value is -3.24. The first-order valence-electron chi connectivity index (χ1n) is 10.4. The molecule has 2 heterocycles. The number of nitro benzene ring substituents is 1. The highest BCUT2D eigenvalue weighted by atomic mass is 32.2. The van der Waals surface area contributed by atoms with E-state index in [2.05, 4.69) is 20.4 Å². The molecule has 0 saturated carbocycles. The molecule has 0 unspecified atom stereocenters. The lowest BCUT2D eigenvalue weighted by Gasteiger charge is -2.16. The molecule has 1 aliphatic rings. The van der Waals surface area contributed by atoms with E-state index in [9.17, 15) is 14.9 Å². The first-order chi connectivity index (χ1) is 15.5. The molecular weight excluding hydrogens is 428 g/mol. The molecule has 1 N–H and O–H groups in total. The van der Waals surface area contributed by atoms with Gasteiger partial charge in [0.2, 0.25) is 5.91 Å². The van der Waals surface area contributed by atoms with Gasteiger partial charge < -0.3 is 5.32 Å². The predicted octanol–water partition coefficient (Wildman–Crippen LogP) is 3.81. The van der Waals surface area contributed by atoms with Gasteiger partial charge in [0.05, 0.1) is 22.9 Å². The number of non-ortho nitro benzene ring substituents is 1. The van der Waals surface area contributed by atoms with Gasteiger partial charge in [0.15, 0.2) is 11.0 Å². The Morgan fingerprint density at radius 3 is 2.62 bits per heavy atom. The van der Waals surface area contributed by atoms with Gasteiger partial charge in [-0.25, -0.2) is 0 Å². The van der Waals surface area contributed by atoms with E-state index in [-0.39, 0.29) is 17.3 Å². The third-order valence-electron chi connectivity index (χ3n) is 5.32. The molecule has 1 amide bonds. The van der Waals surface area contributed by atoms with Gasteiger partial charge in [-0.05, 0) is 50.6 Å². The lowest BCUT2D eigenvalue weighted by Crippen LogP contribution is -2.21. The van der Waals surface area contributed by atoms with Crippen LogP contribution in [0.1, 0.15) is 24.2 Å². The average molecular weight is 453 g/mol. The summed E-state index contributed by atoms with van der Waals surface area (Å²) >= 11 is 1.29. The number of benzene rings is 2. The number of para-hydroxylation sites is 1. The maximum Gasteiger partial charge on any atom is 0.271 e. The number of likely N-dealkylation sites (tertiary alicyclic amines) is 1. The van der Waals surface area contributed by atoms with Gasteiger partial charge >= 0.3 is 0 Å². The van der Waals surface area contributed by atoms with E-state index in [1.165, 1.54) is 36.7 Å². The van der Waals surface area contributed by atoms with Crippen LogP contribution in [0.4, 0.5) is 11.4 Å². The number of amides is 1. The van der Waals surface area contributed by atoms with Crippen molar-refractivity contribution in [3.8, 4) is 5.69 Å². The van der Waals surface area contributed by atoms with E-state index in [0.717, 1.165) is 30.2 Å². The number of carbonyl (C=O) groups is 1. The summed E-state index contributed by atoms with van der Waals surface area (Å²) in [5.74, 6) is 0.689. The highest BCUT2D eigenvalue weighted by molar-refractivity contribution is 7.99. The Morgan fingerprint density at radius 1 is 1.16 bits per heavy atom. The smallest absolute Gasteiger partial charge is 0.271 e. The molecule has 10 heteroatoms. The molecule has 166 valence electrons. The fourth-order valence-electron chi connectivity index (χ4n) is 3.65. The Kier molecular flexibility index (Phi) is 6.81. The van der Waals surface area contributed by atoms with Crippen LogP contribution in [0.5, 0.6) is 0 Å². The average Bonchev–Trinajstić information content (AvgIpc) is 3.44. The quantitative estimate of drug-likeness (QED) is 0.315. The van der Waals surface area contributed by atoms with E-state index in [4.69, 9.17) is 0 Å². The first kappa shape index (κ1) is 22.0. The molecule has 1 saturated heterocycles. The number of anilines is 1. The molecule has 3 aromatic rings. The van der Waals surface area contributed by atoms with Crippen molar-refractivity contribution in [2.45, 2.75) is 31.5 Å².